The van der Waals surface area contributed by atoms with Crippen molar-refractivity contribution < 1.29 is 14.3 Å². The Balaban J connectivity index is 1.92. The molecule has 0 saturated heterocycles. The van der Waals surface area contributed by atoms with Gasteiger partial charge in [0.2, 0.25) is 0 Å². The lowest BCUT2D eigenvalue weighted by Crippen LogP contribution is -2.20. The summed E-state index contributed by atoms with van der Waals surface area (Å²) < 4.78 is 10.6. The van der Waals surface area contributed by atoms with Crippen LogP contribution in [0.15, 0.2) is 42.7 Å². The van der Waals surface area contributed by atoms with Crippen LogP contribution in [0, 0.1) is 0 Å². The van der Waals surface area contributed by atoms with Gasteiger partial charge in [-0.15, -0.1) is 0 Å². The molecule has 2 rings (SSSR count). The number of nitrogens with zero attached hydrogens (tertiary/aromatic N) is 1. The summed E-state index contributed by atoms with van der Waals surface area (Å²) in [5.74, 6) is 0.545. The number of carbonyl (C=O) groups excluding carboxylic acids is 1. The third kappa shape index (κ3) is 4.75. The molecule has 0 aliphatic heterocycles. The van der Waals surface area contributed by atoms with Crippen molar-refractivity contribution in [1.82, 2.24) is 10.3 Å². The molecule has 0 fully saturated rings. The number of benzene rings is 1. The Kier molecular flexibility index (Phi) is 5.73. The molecule has 1 aromatic carbocycles. The van der Waals surface area contributed by atoms with Gasteiger partial charge in [-0.25, -0.2) is 0 Å². The minimum atomic E-state index is -0.524. The lowest BCUT2D eigenvalue weighted by atomic mass is 10.2. The average Bonchev–Trinajstić information content (AvgIpc) is 2.54. The van der Waals surface area contributed by atoms with E-state index in [1.807, 2.05) is 30.5 Å². The molecule has 0 saturated carbocycles. The first-order valence-electron chi connectivity index (χ1n) is 6.86. The number of nitrogens with two attached hydrogens (primary N) is 1. The Morgan fingerprint density at radius 1 is 1.23 bits per heavy atom. The van der Waals surface area contributed by atoms with E-state index >= 15 is 0 Å². The van der Waals surface area contributed by atoms with Gasteiger partial charge in [-0.1, -0.05) is 12.1 Å². The van der Waals surface area contributed by atoms with E-state index in [4.69, 9.17) is 15.2 Å². The predicted octanol–water partition coefficient (Wildman–Crippen LogP) is 1.24. The van der Waals surface area contributed by atoms with Gasteiger partial charge in [0.25, 0.3) is 5.91 Å². The molecule has 0 unspecified atom stereocenters. The summed E-state index contributed by atoms with van der Waals surface area (Å²) in [6.07, 6.45) is 3.58. The van der Waals surface area contributed by atoms with Gasteiger partial charge >= 0.3 is 0 Å². The third-order valence-corrected chi connectivity index (χ3v) is 2.98. The topological polar surface area (TPSA) is 86.5 Å². The molecule has 0 aliphatic rings. The molecule has 116 valence electrons. The molecule has 0 atom stereocenters. The SMILES string of the molecule is COc1cc(CNCc2cccnc2)ccc1OCC(N)=O. The quantitative estimate of drug-likeness (QED) is 0.766. The molecule has 0 radical (unpaired) electrons. The number of primary amides is 1. The number of rotatable bonds is 8. The van der Waals surface area contributed by atoms with Crippen LogP contribution in [0.5, 0.6) is 11.5 Å². The molecule has 1 heterocycles. The van der Waals surface area contributed by atoms with Crippen LogP contribution >= 0.6 is 0 Å². The maximum atomic E-state index is 10.8. The lowest BCUT2D eigenvalue weighted by molar-refractivity contribution is -0.119. The molecule has 6 heteroatoms. The van der Waals surface area contributed by atoms with Crippen LogP contribution in [0.4, 0.5) is 0 Å². The first-order chi connectivity index (χ1) is 10.7. The van der Waals surface area contributed by atoms with Gasteiger partial charge in [-0.3, -0.25) is 9.78 Å². The molecule has 0 spiro atoms. The molecular formula is C16H19N3O3. The Morgan fingerprint density at radius 2 is 2.05 bits per heavy atom. The summed E-state index contributed by atoms with van der Waals surface area (Å²) in [6, 6.07) is 9.47. The van der Waals surface area contributed by atoms with Crippen LogP contribution in [0.1, 0.15) is 11.1 Å². The Labute approximate surface area is 129 Å². The number of amides is 1. The highest BCUT2D eigenvalue weighted by atomic mass is 16.5. The zero-order valence-electron chi connectivity index (χ0n) is 12.4. The number of methoxy groups -OCH3 is 1. The van der Waals surface area contributed by atoms with E-state index in [0.717, 1.165) is 17.7 Å². The fraction of sp³-hybridized carbons (Fsp3) is 0.250. The number of ether oxygens (including phenoxy) is 2. The van der Waals surface area contributed by atoms with E-state index in [0.29, 0.717) is 18.0 Å². The molecule has 6 nitrogen and oxygen atoms in total. The predicted molar refractivity (Wildman–Crippen MR) is 82.5 cm³/mol. The summed E-state index contributed by atoms with van der Waals surface area (Å²) in [6.45, 7) is 1.24. The van der Waals surface area contributed by atoms with E-state index in [-0.39, 0.29) is 6.61 Å². The fourth-order valence-electron chi connectivity index (χ4n) is 1.94. The molecule has 1 amide bonds. The highest BCUT2D eigenvalue weighted by Crippen LogP contribution is 2.27. The normalized spacial score (nSPS) is 10.2. The van der Waals surface area contributed by atoms with Crippen LogP contribution in [0.3, 0.4) is 0 Å². The molecule has 3 N–H and O–H groups in total. The summed E-state index contributed by atoms with van der Waals surface area (Å²) in [7, 11) is 1.55. The minimum absolute atomic E-state index is 0.172. The van der Waals surface area contributed by atoms with Crippen molar-refractivity contribution in [2.45, 2.75) is 13.1 Å². The molecule has 22 heavy (non-hydrogen) atoms. The van der Waals surface area contributed by atoms with Gasteiger partial charge in [-0.05, 0) is 29.3 Å². The Hall–Kier alpha value is -2.60. The minimum Gasteiger partial charge on any atom is -0.493 e. The highest BCUT2D eigenvalue weighted by molar-refractivity contribution is 5.75. The zero-order valence-corrected chi connectivity index (χ0v) is 12.4. The second-order valence-corrected chi connectivity index (χ2v) is 4.71. The van der Waals surface area contributed by atoms with Crippen molar-refractivity contribution in [3.05, 3.63) is 53.9 Å². The van der Waals surface area contributed by atoms with Gasteiger partial charge in [0, 0.05) is 25.5 Å². The highest BCUT2D eigenvalue weighted by Gasteiger charge is 2.07. The van der Waals surface area contributed by atoms with Crippen molar-refractivity contribution in [2.75, 3.05) is 13.7 Å². The Bertz CT molecular complexity index is 617. The van der Waals surface area contributed by atoms with Gasteiger partial charge in [-0.2, -0.15) is 0 Å². The maximum absolute atomic E-state index is 10.8. The lowest BCUT2D eigenvalue weighted by Gasteiger charge is -2.11. The van der Waals surface area contributed by atoms with Crippen LogP contribution in [-0.2, 0) is 17.9 Å². The number of hydrogen-bond acceptors (Lipinski definition) is 5. The van der Waals surface area contributed by atoms with Crippen LogP contribution in [-0.4, -0.2) is 24.6 Å². The molecular weight excluding hydrogens is 282 g/mol. The van der Waals surface area contributed by atoms with Crippen molar-refractivity contribution in [3.63, 3.8) is 0 Å². The molecule has 2 aromatic rings. The number of nitrogens with one attached hydrogen (secondary N) is 1. The van der Waals surface area contributed by atoms with Crippen molar-refractivity contribution in [3.8, 4) is 11.5 Å². The van der Waals surface area contributed by atoms with E-state index in [2.05, 4.69) is 10.3 Å². The fourth-order valence-corrected chi connectivity index (χ4v) is 1.94. The number of hydrogen-bond donors (Lipinski definition) is 2. The standard InChI is InChI=1S/C16H19N3O3/c1-21-15-7-12(4-5-14(15)22-11-16(17)20)8-19-10-13-3-2-6-18-9-13/h2-7,9,19H,8,10-11H2,1H3,(H2,17,20). The Morgan fingerprint density at radius 3 is 2.73 bits per heavy atom. The van der Waals surface area contributed by atoms with Crippen molar-refractivity contribution in [2.24, 2.45) is 5.73 Å². The zero-order chi connectivity index (χ0) is 15.8. The van der Waals surface area contributed by atoms with E-state index in [9.17, 15) is 4.79 Å². The first-order valence-corrected chi connectivity index (χ1v) is 6.86. The van der Waals surface area contributed by atoms with Gasteiger partial charge in [0.1, 0.15) is 0 Å². The van der Waals surface area contributed by atoms with E-state index < -0.39 is 5.91 Å². The second-order valence-electron chi connectivity index (χ2n) is 4.71. The second kappa shape index (κ2) is 7.99. The third-order valence-electron chi connectivity index (χ3n) is 2.98. The van der Waals surface area contributed by atoms with Crippen LogP contribution in [0.25, 0.3) is 0 Å². The van der Waals surface area contributed by atoms with Crippen LogP contribution < -0.4 is 20.5 Å². The number of aromatic nitrogens is 1. The molecule has 1 aromatic heterocycles. The smallest absolute Gasteiger partial charge is 0.255 e. The summed E-state index contributed by atoms with van der Waals surface area (Å²) in [4.78, 5) is 14.8. The van der Waals surface area contributed by atoms with E-state index in [1.54, 1.807) is 19.4 Å². The van der Waals surface area contributed by atoms with Gasteiger partial charge < -0.3 is 20.5 Å². The first kappa shape index (κ1) is 15.8. The maximum Gasteiger partial charge on any atom is 0.255 e. The average molecular weight is 301 g/mol. The largest absolute Gasteiger partial charge is 0.493 e. The van der Waals surface area contributed by atoms with Crippen LogP contribution in [0.2, 0.25) is 0 Å². The van der Waals surface area contributed by atoms with Crippen molar-refractivity contribution >= 4 is 5.91 Å². The van der Waals surface area contributed by atoms with Crippen molar-refractivity contribution in [1.29, 1.82) is 0 Å². The molecule has 0 aliphatic carbocycles. The monoisotopic (exact) mass is 301 g/mol. The van der Waals surface area contributed by atoms with Gasteiger partial charge in [0.15, 0.2) is 18.1 Å². The molecule has 0 bridgehead atoms. The summed E-state index contributed by atoms with van der Waals surface area (Å²) in [5, 5.41) is 3.33. The number of carbonyl (C=O) groups is 1. The summed E-state index contributed by atoms with van der Waals surface area (Å²) in [5.41, 5.74) is 7.23. The number of pyridine rings is 1. The van der Waals surface area contributed by atoms with E-state index in [1.165, 1.54) is 0 Å². The van der Waals surface area contributed by atoms with Gasteiger partial charge in [0.05, 0.1) is 7.11 Å². The summed E-state index contributed by atoms with van der Waals surface area (Å²) >= 11 is 0.